The fourth-order valence-corrected chi connectivity index (χ4v) is 4.85. The number of thioether (sulfide) groups is 1. The number of nitrogen functional groups attached to an aromatic ring is 1. The number of nitrogens with one attached hydrogen (secondary N) is 1. The first kappa shape index (κ1) is 26.5. The first-order valence-corrected chi connectivity index (χ1v) is 11.7. The Hall–Kier alpha value is -4.06. The molecule has 0 aromatic carbocycles. The molecule has 2 amide bonds. The maximum Gasteiger partial charge on any atom is 0.352 e. The molecule has 192 valence electrons. The molecule has 1 unspecified atom stereocenters. The molecule has 3 rings (SSSR count). The highest BCUT2D eigenvalue weighted by Gasteiger charge is 2.54. The lowest BCUT2D eigenvalue weighted by atomic mass is 10.0. The lowest BCUT2D eigenvalue weighted by molar-refractivity contribution is -0.150. The number of hydrogen-bond donors (Lipinski definition) is 4. The SMILES string of the molecule is CC(=O)CC(=O)OCC1=C(C(=O)O)N2C(=O)C(NC(=O)C(=NOCC(=O)O)c3nsc(N)n3)[C@@H]2SC1. The summed E-state index contributed by atoms with van der Waals surface area (Å²) in [5, 5.41) is 23.4. The number of oxime groups is 1. The van der Waals surface area contributed by atoms with Crippen LogP contribution in [-0.4, -0.2) is 96.1 Å². The van der Waals surface area contributed by atoms with Crippen LogP contribution in [0.1, 0.15) is 19.2 Å². The molecule has 1 aromatic rings. The summed E-state index contributed by atoms with van der Waals surface area (Å²) in [5.41, 5.74) is 4.73. The molecule has 1 aromatic heterocycles. The molecule has 18 heteroatoms. The molecule has 2 aliphatic heterocycles. The van der Waals surface area contributed by atoms with Crippen molar-refractivity contribution >= 4 is 69.6 Å². The number of fused-ring (bicyclic) bond motifs is 1. The maximum atomic E-state index is 12.8. The molecular formula is C18H18N6O10S2. The van der Waals surface area contributed by atoms with Crippen molar-refractivity contribution < 1.29 is 48.6 Å². The summed E-state index contributed by atoms with van der Waals surface area (Å²) in [4.78, 5) is 80.2. The van der Waals surface area contributed by atoms with Gasteiger partial charge in [0.1, 0.15) is 35.9 Å². The molecule has 16 nitrogen and oxygen atoms in total. The van der Waals surface area contributed by atoms with Crippen LogP contribution in [0.25, 0.3) is 0 Å². The summed E-state index contributed by atoms with van der Waals surface area (Å²) < 4.78 is 8.77. The smallest absolute Gasteiger partial charge is 0.352 e. The Morgan fingerprint density at radius 1 is 1.28 bits per heavy atom. The van der Waals surface area contributed by atoms with Gasteiger partial charge in [-0.15, -0.1) is 11.8 Å². The minimum Gasteiger partial charge on any atom is -0.479 e. The van der Waals surface area contributed by atoms with E-state index >= 15 is 0 Å². The molecule has 2 aliphatic rings. The fourth-order valence-electron chi connectivity index (χ4n) is 3.09. The van der Waals surface area contributed by atoms with Crippen molar-refractivity contribution in [3.63, 3.8) is 0 Å². The van der Waals surface area contributed by atoms with Gasteiger partial charge < -0.3 is 30.8 Å². The van der Waals surface area contributed by atoms with Crippen molar-refractivity contribution in [3.05, 3.63) is 17.1 Å². The predicted molar refractivity (Wildman–Crippen MR) is 120 cm³/mol. The number of carboxylic acid groups (broad SMARTS) is 2. The Kier molecular flexibility index (Phi) is 8.20. The molecule has 5 N–H and O–H groups in total. The van der Waals surface area contributed by atoms with Gasteiger partial charge in [-0.05, 0) is 6.92 Å². The van der Waals surface area contributed by atoms with E-state index in [1.165, 1.54) is 6.92 Å². The van der Waals surface area contributed by atoms with Crippen LogP contribution in [0.15, 0.2) is 16.4 Å². The van der Waals surface area contributed by atoms with Gasteiger partial charge in [-0.3, -0.25) is 24.1 Å². The van der Waals surface area contributed by atoms with Gasteiger partial charge in [-0.1, -0.05) is 5.16 Å². The number of Topliss-reactive ketones (excluding diaryl/α,β-unsaturated/α-hetero) is 1. The number of carbonyl (C=O) groups excluding carboxylic acids is 4. The van der Waals surface area contributed by atoms with Gasteiger partial charge >= 0.3 is 17.9 Å². The maximum absolute atomic E-state index is 12.8. The number of esters is 1. The second kappa shape index (κ2) is 11.1. The summed E-state index contributed by atoms with van der Waals surface area (Å²) in [5.74, 6) is -6.01. The van der Waals surface area contributed by atoms with E-state index in [-0.39, 0.29) is 22.3 Å². The van der Waals surface area contributed by atoms with Gasteiger partial charge in [-0.2, -0.15) is 9.36 Å². The van der Waals surface area contributed by atoms with Gasteiger partial charge in [0.25, 0.3) is 11.8 Å². The van der Waals surface area contributed by atoms with Crippen LogP contribution in [0.4, 0.5) is 5.13 Å². The van der Waals surface area contributed by atoms with Gasteiger partial charge in [0.05, 0.1) is 0 Å². The summed E-state index contributed by atoms with van der Waals surface area (Å²) in [6.07, 6.45) is -0.470. The zero-order chi connectivity index (χ0) is 26.6. The van der Waals surface area contributed by atoms with E-state index in [0.717, 1.165) is 28.2 Å². The van der Waals surface area contributed by atoms with Crippen LogP contribution in [0.2, 0.25) is 0 Å². The number of carbonyl (C=O) groups is 6. The molecule has 2 atom stereocenters. The standard InChI is InChI=1S/C18H18N6O10S2/c1-6(25)2-9(28)33-3-7-5-35-16-11(15(30)24(16)12(7)17(31)32)20-14(29)10(22-34-4-8(26)27)13-21-18(19)36-23-13/h11,16H,2-5H2,1H3,(H,20,29)(H,26,27)(H,31,32)(H2,19,21,23)/t11?,16-/m0/s1. The minimum atomic E-state index is -1.44. The molecule has 1 fully saturated rings. The second-order valence-electron chi connectivity index (χ2n) is 7.22. The number of nitrogens with two attached hydrogens (primary N) is 1. The number of aromatic nitrogens is 2. The normalized spacial score (nSPS) is 19.2. The van der Waals surface area contributed by atoms with E-state index in [2.05, 4.69) is 24.7 Å². The Balaban J connectivity index is 1.74. The third-order valence-corrected chi connectivity index (χ3v) is 6.43. The quantitative estimate of drug-likeness (QED) is 0.0792. The number of anilines is 1. The molecule has 0 aliphatic carbocycles. The molecule has 0 saturated carbocycles. The van der Waals surface area contributed by atoms with E-state index in [0.29, 0.717) is 0 Å². The minimum absolute atomic E-state index is 0.00904. The molecule has 0 spiro atoms. The number of ether oxygens (including phenoxy) is 1. The Bertz CT molecular complexity index is 1190. The zero-order valence-corrected chi connectivity index (χ0v) is 20.0. The number of rotatable bonds is 11. The van der Waals surface area contributed by atoms with Crippen LogP contribution < -0.4 is 11.1 Å². The van der Waals surface area contributed by atoms with Gasteiger partial charge in [0.15, 0.2) is 5.13 Å². The first-order chi connectivity index (χ1) is 17.0. The van der Waals surface area contributed by atoms with Gasteiger partial charge in [-0.25, -0.2) is 9.59 Å². The lowest BCUT2D eigenvalue weighted by Crippen LogP contribution is -2.71. The highest BCUT2D eigenvalue weighted by atomic mass is 32.2. The molecule has 0 radical (unpaired) electrons. The Morgan fingerprint density at radius 2 is 2.00 bits per heavy atom. The number of β-lactam (4-membered cyclic amide) rings is 1. The summed E-state index contributed by atoms with van der Waals surface area (Å²) in [6, 6.07) is -1.17. The molecule has 3 heterocycles. The van der Waals surface area contributed by atoms with Crippen LogP contribution >= 0.6 is 23.3 Å². The number of carboxylic acids is 2. The van der Waals surface area contributed by atoms with Gasteiger partial charge in [0.2, 0.25) is 18.1 Å². The molecule has 1 saturated heterocycles. The largest absolute Gasteiger partial charge is 0.479 e. The summed E-state index contributed by atoms with van der Waals surface area (Å²) >= 11 is 1.85. The molecule has 0 bridgehead atoms. The Morgan fingerprint density at radius 3 is 2.58 bits per heavy atom. The van der Waals surface area contributed by atoms with Crippen molar-refractivity contribution in [2.45, 2.75) is 24.8 Å². The summed E-state index contributed by atoms with van der Waals surface area (Å²) in [7, 11) is 0. The van der Waals surface area contributed by atoms with Crippen molar-refractivity contribution in [1.29, 1.82) is 0 Å². The number of aliphatic carboxylic acids is 2. The molecular weight excluding hydrogens is 524 g/mol. The first-order valence-electron chi connectivity index (χ1n) is 9.86. The highest BCUT2D eigenvalue weighted by Crippen LogP contribution is 2.40. The van der Waals surface area contributed by atoms with Crippen molar-refractivity contribution in [3.8, 4) is 0 Å². The van der Waals surface area contributed by atoms with Crippen LogP contribution in [0.5, 0.6) is 0 Å². The highest BCUT2D eigenvalue weighted by molar-refractivity contribution is 8.00. The number of nitrogens with zero attached hydrogens (tertiary/aromatic N) is 4. The third-order valence-electron chi connectivity index (χ3n) is 4.55. The van der Waals surface area contributed by atoms with E-state index in [1.807, 2.05) is 0 Å². The van der Waals surface area contributed by atoms with Crippen molar-refractivity contribution in [2.75, 3.05) is 24.7 Å². The summed E-state index contributed by atoms with van der Waals surface area (Å²) in [6.45, 7) is -0.0915. The third kappa shape index (κ3) is 5.95. The second-order valence-corrected chi connectivity index (χ2v) is 9.11. The number of amides is 2. The van der Waals surface area contributed by atoms with Crippen LogP contribution in [-0.2, 0) is 38.3 Å². The van der Waals surface area contributed by atoms with Gasteiger partial charge in [0, 0.05) is 22.9 Å². The predicted octanol–water partition coefficient (Wildman–Crippen LogP) is -1.81. The van der Waals surface area contributed by atoms with E-state index in [9.17, 15) is 33.9 Å². The Labute approximate surface area is 209 Å². The fraction of sp³-hybridized carbons (Fsp3) is 0.389. The van der Waals surface area contributed by atoms with Crippen LogP contribution in [0.3, 0.4) is 0 Å². The van der Waals surface area contributed by atoms with E-state index in [1.54, 1.807) is 0 Å². The average molecular weight is 543 g/mol. The average Bonchev–Trinajstić information content (AvgIpc) is 3.22. The zero-order valence-electron chi connectivity index (χ0n) is 18.3. The van der Waals surface area contributed by atoms with Crippen molar-refractivity contribution in [2.24, 2.45) is 5.16 Å². The monoisotopic (exact) mass is 542 g/mol. The number of hydrogen-bond acceptors (Lipinski definition) is 14. The topological polar surface area (TPSA) is 241 Å². The van der Waals surface area contributed by atoms with Crippen molar-refractivity contribution in [1.82, 2.24) is 19.6 Å². The lowest BCUT2D eigenvalue weighted by Gasteiger charge is -2.49. The molecule has 36 heavy (non-hydrogen) atoms. The van der Waals surface area contributed by atoms with E-state index in [4.69, 9.17) is 15.6 Å². The van der Waals surface area contributed by atoms with Crippen LogP contribution in [0, 0.1) is 0 Å². The van der Waals surface area contributed by atoms with E-state index < -0.39 is 78.0 Å². The number of ketones is 1.